The number of rotatable bonds is 6. The highest BCUT2D eigenvalue weighted by Crippen LogP contribution is 2.17. The number of carboxylic acid groups (broad SMARTS) is 1. The van der Waals surface area contributed by atoms with Crippen LogP contribution in [0, 0.1) is 0 Å². The van der Waals surface area contributed by atoms with Gasteiger partial charge in [-0.25, -0.2) is 4.98 Å². The largest absolute Gasteiger partial charge is 0.481 e. The van der Waals surface area contributed by atoms with Crippen LogP contribution in [0.15, 0.2) is 12.5 Å². The predicted molar refractivity (Wildman–Crippen MR) is 61.3 cm³/mol. The van der Waals surface area contributed by atoms with Crippen molar-refractivity contribution >= 4 is 11.9 Å². The molecule has 0 radical (unpaired) electrons. The lowest BCUT2D eigenvalue weighted by molar-refractivity contribution is -0.137. The van der Waals surface area contributed by atoms with Crippen molar-refractivity contribution in [3.05, 3.63) is 18.2 Å². The van der Waals surface area contributed by atoms with Gasteiger partial charge in [-0.3, -0.25) is 9.59 Å². The highest BCUT2D eigenvalue weighted by molar-refractivity contribution is 5.75. The molecule has 1 atom stereocenters. The quantitative estimate of drug-likeness (QED) is 0.774. The van der Waals surface area contributed by atoms with Gasteiger partial charge in [0.25, 0.3) is 0 Å². The number of aromatic nitrogens is 2. The first-order chi connectivity index (χ1) is 8.04. The van der Waals surface area contributed by atoms with E-state index in [0.717, 1.165) is 18.7 Å². The van der Waals surface area contributed by atoms with E-state index in [1.54, 1.807) is 12.5 Å². The molecule has 0 saturated carbocycles. The lowest BCUT2D eigenvalue weighted by atomic mass is 10.1. The van der Waals surface area contributed by atoms with Crippen LogP contribution in [-0.2, 0) is 16.1 Å². The van der Waals surface area contributed by atoms with Gasteiger partial charge in [-0.1, -0.05) is 6.92 Å². The summed E-state index contributed by atoms with van der Waals surface area (Å²) in [6, 6.07) is -0.529. The smallest absolute Gasteiger partial charge is 0.305 e. The van der Waals surface area contributed by atoms with Crippen LogP contribution in [0.5, 0.6) is 0 Å². The van der Waals surface area contributed by atoms with Crippen molar-refractivity contribution in [2.24, 2.45) is 0 Å². The number of carboxylic acids is 1. The summed E-state index contributed by atoms with van der Waals surface area (Å²) in [4.78, 5) is 25.8. The molecule has 2 N–H and O–H groups in total. The van der Waals surface area contributed by atoms with Crippen molar-refractivity contribution in [3.63, 3.8) is 0 Å². The van der Waals surface area contributed by atoms with Crippen molar-refractivity contribution in [2.75, 3.05) is 0 Å². The van der Waals surface area contributed by atoms with Crippen LogP contribution in [0.4, 0.5) is 0 Å². The van der Waals surface area contributed by atoms with Gasteiger partial charge in [0, 0.05) is 13.5 Å². The molecule has 1 amide bonds. The number of hydrogen-bond donors (Lipinski definition) is 2. The molecule has 94 valence electrons. The molecule has 0 aliphatic carbocycles. The van der Waals surface area contributed by atoms with E-state index in [1.165, 1.54) is 6.92 Å². The molecule has 17 heavy (non-hydrogen) atoms. The van der Waals surface area contributed by atoms with Crippen molar-refractivity contribution in [1.29, 1.82) is 0 Å². The van der Waals surface area contributed by atoms with E-state index in [1.807, 2.05) is 11.5 Å². The number of aliphatic carboxylic acids is 1. The first kappa shape index (κ1) is 13.2. The minimum Gasteiger partial charge on any atom is -0.481 e. The molecule has 0 saturated heterocycles. The third-order valence-electron chi connectivity index (χ3n) is 2.32. The maximum absolute atomic E-state index is 11.1. The Balaban J connectivity index is 2.90. The van der Waals surface area contributed by atoms with Gasteiger partial charge in [0.05, 0.1) is 30.7 Å². The Morgan fingerprint density at radius 2 is 2.29 bits per heavy atom. The van der Waals surface area contributed by atoms with Crippen LogP contribution in [0.2, 0.25) is 0 Å². The molecule has 0 aromatic carbocycles. The second-order valence-electron chi connectivity index (χ2n) is 3.86. The third-order valence-corrected chi connectivity index (χ3v) is 2.32. The topological polar surface area (TPSA) is 84.2 Å². The van der Waals surface area contributed by atoms with E-state index >= 15 is 0 Å². The molecule has 0 aliphatic rings. The van der Waals surface area contributed by atoms with Crippen molar-refractivity contribution in [2.45, 2.75) is 39.3 Å². The Kier molecular flexibility index (Phi) is 4.68. The minimum absolute atomic E-state index is 0.144. The fourth-order valence-electron chi connectivity index (χ4n) is 1.70. The van der Waals surface area contributed by atoms with Gasteiger partial charge in [-0.05, 0) is 6.42 Å². The summed E-state index contributed by atoms with van der Waals surface area (Å²) in [7, 11) is 0. The molecule has 6 heteroatoms. The van der Waals surface area contributed by atoms with Crippen LogP contribution in [-0.4, -0.2) is 26.5 Å². The fourth-order valence-corrected chi connectivity index (χ4v) is 1.70. The number of imidazole rings is 1. The normalized spacial score (nSPS) is 12.1. The second-order valence-corrected chi connectivity index (χ2v) is 3.86. The average Bonchev–Trinajstić information content (AvgIpc) is 2.64. The van der Waals surface area contributed by atoms with Crippen molar-refractivity contribution in [3.8, 4) is 0 Å². The number of nitrogens with zero attached hydrogens (tertiary/aromatic N) is 2. The zero-order valence-electron chi connectivity index (χ0n) is 10.0. The lowest BCUT2D eigenvalue weighted by Gasteiger charge is -2.17. The number of hydrogen-bond acceptors (Lipinski definition) is 3. The summed E-state index contributed by atoms with van der Waals surface area (Å²) in [5, 5.41) is 11.5. The van der Waals surface area contributed by atoms with E-state index in [9.17, 15) is 9.59 Å². The van der Waals surface area contributed by atoms with E-state index in [-0.39, 0.29) is 12.3 Å². The maximum Gasteiger partial charge on any atom is 0.305 e. The predicted octanol–water partition coefficient (Wildman–Crippen LogP) is 0.945. The number of carbonyl (C=O) groups excluding carboxylic acids is 1. The Hall–Kier alpha value is -1.85. The second kappa shape index (κ2) is 6.03. The average molecular weight is 239 g/mol. The molecule has 0 fully saturated rings. The highest BCUT2D eigenvalue weighted by Gasteiger charge is 2.19. The molecule has 1 aromatic rings. The van der Waals surface area contributed by atoms with Crippen LogP contribution in [0.1, 0.15) is 38.4 Å². The molecule has 1 heterocycles. The summed E-state index contributed by atoms with van der Waals surface area (Å²) < 4.78 is 1.86. The number of nitrogens with one attached hydrogen (secondary N) is 1. The third kappa shape index (κ3) is 3.90. The van der Waals surface area contributed by atoms with E-state index in [0.29, 0.717) is 0 Å². The van der Waals surface area contributed by atoms with Crippen LogP contribution >= 0.6 is 0 Å². The van der Waals surface area contributed by atoms with Crippen LogP contribution in [0.25, 0.3) is 0 Å². The van der Waals surface area contributed by atoms with Gasteiger partial charge >= 0.3 is 5.97 Å². The zero-order valence-corrected chi connectivity index (χ0v) is 10.0. The summed E-state index contributed by atoms with van der Waals surface area (Å²) in [5.41, 5.74) is 0.726. The van der Waals surface area contributed by atoms with Gasteiger partial charge < -0.3 is 15.0 Å². The summed E-state index contributed by atoms with van der Waals surface area (Å²) >= 11 is 0. The van der Waals surface area contributed by atoms with Crippen molar-refractivity contribution in [1.82, 2.24) is 14.9 Å². The van der Waals surface area contributed by atoms with Gasteiger partial charge in [0.15, 0.2) is 0 Å². The summed E-state index contributed by atoms with van der Waals surface area (Å²) in [5.74, 6) is -1.20. The van der Waals surface area contributed by atoms with E-state index in [4.69, 9.17) is 5.11 Å². The molecule has 0 spiro atoms. The van der Waals surface area contributed by atoms with Crippen molar-refractivity contribution < 1.29 is 14.7 Å². The monoisotopic (exact) mass is 239 g/mol. The first-order valence-corrected chi connectivity index (χ1v) is 5.53. The SMILES string of the molecule is CCCn1cncc1[C@H](CC(=O)O)NC(C)=O. The lowest BCUT2D eigenvalue weighted by Crippen LogP contribution is -2.29. The fraction of sp³-hybridized carbons (Fsp3) is 0.545. The standard InChI is InChI=1S/C11H17N3O3/c1-3-4-14-7-12-6-10(14)9(5-11(16)17)13-8(2)15/h6-7,9H,3-5H2,1-2H3,(H,13,15)(H,16,17)/t9-/m0/s1. The molecule has 1 aromatic heterocycles. The number of amides is 1. The molecule has 1 rings (SSSR count). The molecule has 0 bridgehead atoms. The molecule has 6 nitrogen and oxygen atoms in total. The number of aryl methyl sites for hydroxylation is 1. The van der Waals surface area contributed by atoms with Gasteiger partial charge in [0.2, 0.25) is 5.91 Å². The molecule has 0 unspecified atom stereocenters. The molecular weight excluding hydrogens is 222 g/mol. The van der Waals surface area contributed by atoms with Gasteiger partial charge in [-0.2, -0.15) is 0 Å². The molecule has 0 aliphatic heterocycles. The Morgan fingerprint density at radius 1 is 1.59 bits per heavy atom. The Labute approximate surface area is 99.7 Å². The van der Waals surface area contributed by atoms with Crippen LogP contribution in [0.3, 0.4) is 0 Å². The Bertz CT molecular complexity index is 384. The highest BCUT2D eigenvalue weighted by atomic mass is 16.4. The van der Waals surface area contributed by atoms with Crippen LogP contribution < -0.4 is 5.32 Å². The minimum atomic E-state index is -0.951. The summed E-state index contributed by atoms with van der Waals surface area (Å²) in [6.45, 7) is 4.15. The number of carbonyl (C=O) groups is 2. The van der Waals surface area contributed by atoms with E-state index < -0.39 is 12.0 Å². The Morgan fingerprint density at radius 3 is 2.82 bits per heavy atom. The van der Waals surface area contributed by atoms with Gasteiger partial charge in [0.1, 0.15) is 0 Å². The maximum atomic E-state index is 11.1. The molecular formula is C11H17N3O3. The first-order valence-electron chi connectivity index (χ1n) is 5.53. The zero-order chi connectivity index (χ0) is 12.8. The van der Waals surface area contributed by atoms with E-state index in [2.05, 4.69) is 10.3 Å². The van der Waals surface area contributed by atoms with Gasteiger partial charge in [-0.15, -0.1) is 0 Å². The summed E-state index contributed by atoms with van der Waals surface area (Å²) in [6.07, 6.45) is 4.02.